The van der Waals surface area contributed by atoms with E-state index in [4.69, 9.17) is 0 Å². The number of hydrogen-bond acceptors (Lipinski definition) is 4. The van der Waals surface area contributed by atoms with Crippen molar-refractivity contribution in [3.8, 4) is 0 Å². The van der Waals surface area contributed by atoms with Crippen LogP contribution in [0.4, 0.5) is 0 Å². The van der Waals surface area contributed by atoms with Gasteiger partial charge < -0.3 is 20.4 Å². The van der Waals surface area contributed by atoms with E-state index in [1.54, 1.807) is 11.0 Å². The highest BCUT2D eigenvalue weighted by Gasteiger charge is 2.43. The summed E-state index contributed by atoms with van der Waals surface area (Å²) in [6.45, 7) is 0.738. The third kappa shape index (κ3) is 5.59. The van der Waals surface area contributed by atoms with Crippen LogP contribution in [-0.4, -0.2) is 70.7 Å². The predicted octanol–water partition coefficient (Wildman–Crippen LogP) is 2.76. The van der Waals surface area contributed by atoms with E-state index in [0.29, 0.717) is 25.8 Å². The fourth-order valence-electron chi connectivity index (χ4n) is 6.37. The van der Waals surface area contributed by atoms with Crippen LogP contribution >= 0.6 is 0 Å². The Balaban J connectivity index is 1.35. The summed E-state index contributed by atoms with van der Waals surface area (Å²) in [7, 11) is 0. The van der Waals surface area contributed by atoms with Crippen molar-refractivity contribution in [2.45, 2.75) is 56.3 Å². The average molecular weight is 551 g/mol. The molecule has 4 amide bonds. The SMILES string of the molecule is O=C1CC(Cc2ccccc2)NC(=O)C2CCCN2C(=O)C2C=CCN2C(=O)C(Cc2cccc3ccccc23)N1. The van der Waals surface area contributed by atoms with Crippen molar-refractivity contribution in [2.75, 3.05) is 13.1 Å². The summed E-state index contributed by atoms with van der Waals surface area (Å²) in [5.74, 6) is -1.12. The van der Waals surface area contributed by atoms with Crippen molar-refractivity contribution in [3.63, 3.8) is 0 Å². The number of nitrogens with zero attached hydrogens (tertiary/aromatic N) is 2. The molecule has 3 aromatic carbocycles. The summed E-state index contributed by atoms with van der Waals surface area (Å²) in [5.41, 5.74) is 1.93. The zero-order chi connectivity index (χ0) is 28.3. The second kappa shape index (κ2) is 11.6. The molecule has 3 heterocycles. The highest BCUT2D eigenvalue weighted by molar-refractivity contribution is 5.97. The van der Waals surface area contributed by atoms with E-state index in [1.807, 2.05) is 78.9 Å². The molecule has 3 aliphatic heterocycles. The molecular formula is C33H34N4O4. The van der Waals surface area contributed by atoms with Gasteiger partial charge in [-0.1, -0.05) is 84.9 Å². The van der Waals surface area contributed by atoms with Gasteiger partial charge in [-0.2, -0.15) is 0 Å². The molecule has 2 saturated heterocycles. The van der Waals surface area contributed by atoms with E-state index in [0.717, 1.165) is 21.9 Å². The number of nitrogens with one attached hydrogen (secondary N) is 2. The van der Waals surface area contributed by atoms with E-state index < -0.39 is 24.2 Å². The fourth-order valence-corrected chi connectivity index (χ4v) is 6.37. The van der Waals surface area contributed by atoms with E-state index in [2.05, 4.69) is 10.6 Å². The Morgan fingerprint density at radius 3 is 2.41 bits per heavy atom. The lowest BCUT2D eigenvalue weighted by Gasteiger charge is -2.32. The molecule has 8 nitrogen and oxygen atoms in total. The average Bonchev–Trinajstić information content (AvgIpc) is 3.67. The van der Waals surface area contributed by atoms with Crippen LogP contribution in [0.25, 0.3) is 10.8 Å². The lowest BCUT2D eigenvalue weighted by atomic mass is 9.97. The standard InChI is InChI=1S/C33H34N4O4/c38-30-21-25(19-22-9-2-1-3-10-22)34-31(39)28-15-7-17-36(28)33(41)29-16-8-18-37(29)32(40)27(35-30)20-24-13-6-12-23-11-4-5-14-26(23)24/h1-6,8-14,16,25,27-29H,7,15,17-21H2,(H,34,39)(H,35,38). The van der Waals surface area contributed by atoms with Gasteiger partial charge in [0.1, 0.15) is 18.1 Å². The van der Waals surface area contributed by atoms with Gasteiger partial charge in [0.2, 0.25) is 23.6 Å². The van der Waals surface area contributed by atoms with Gasteiger partial charge in [-0.25, -0.2) is 0 Å². The van der Waals surface area contributed by atoms with Crippen LogP contribution < -0.4 is 10.6 Å². The quantitative estimate of drug-likeness (QED) is 0.488. The van der Waals surface area contributed by atoms with E-state index >= 15 is 0 Å². The topological polar surface area (TPSA) is 98.8 Å². The lowest BCUT2D eigenvalue weighted by Crippen LogP contribution is -2.56. The highest BCUT2D eigenvalue weighted by Crippen LogP contribution is 2.25. The van der Waals surface area contributed by atoms with E-state index in [-0.39, 0.29) is 43.0 Å². The van der Waals surface area contributed by atoms with Crippen LogP contribution in [0.2, 0.25) is 0 Å². The summed E-state index contributed by atoms with van der Waals surface area (Å²) >= 11 is 0. The lowest BCUT2D eigenvalue weighted by molar-refractivity contribution is -0.146. The number of amides is 4. The van der Waals surface area contributed by atoms with Crippen molar-refractivity contribution in [1.29, 1.82) is 0 Å². The Bertz CT molecular complexity index is 1500. The summed E-state index contributed by atoms with van der Waals surface area (Å²) < 4.78 is 0. The van der Waals surface area contributed by atoms with Crippen molar-refractivity contribution < 1.29 is 19.2 Å². The van der Waals surface area contributed by atoms with Gasteiger partial charge in [-0.3, -0.25) is 19.2 Å². The molecular weight excluding hydrogens is 516 g/mol. The van der Waals surface area contributed by atoms with Crippen LogP contribution in [0.1, 0.15) is 30.4 Å². The molecule has 0 aromatic heterocycles. The number of hydrogen-bond donors (Lipinski definition) is 2. The van der Waals surface area contributed by atoms with Crippen LogP contribution in [0.3, 0.4) is 0 Å². The number of carbonyl (C=O) groups is 4. The molecule has 3 aromatic rings. The van der Waals surface area contributed by atoms with Gasteiger partial charge >= 0.3 is 0 Å². The van der Waals surface area contributed by atoms with E-state index in [9.17, 15) is 19.2 Å². The van der Waals surface area contributed by atoms with Crippen molar-refractivity contribution in [1.82, 2.24) is 20.4 Å². The maximum atomic E-state index is 14.1. The zero-order valence-corrected chi connectivity index (χ0v) is 22.9. The Labute approximate surface area is 239 Å². The molecule has 41 heavy (non-hydrogen) atoms. The highest BCUT2D eigenvalue weighted by atomic mass is 16.2. The molecule has 0 aliphatic carbocycles. The molecule has 0 spiro atoms. The van der Waals surface area contributed by atoms with Crippen molar-refractivity contribution in [3.05, 3.63) is 96.1 Å². The third-order valence-electron chi connectivity index (χ3n) is 8.37. The molecule has 0 radical (unpaired) electrons. The first-order chi connectivity index (χ1) is 20.0. The smallest absolute Gasteiger partial charge is 0.250 e. The maximum Gasteiger partial charge on any atom is 0.250 e. The minimum Gasteiger partial charge on any atom is -0.351 e. The first-order valence-corrected chi connectivity index (χ1v) is 14.4. The van der Waals surface area contributed by atoms with Crippen molar-refractivity contribution >= 4 is 34.4 Å². The number of rotatable bonds is 4. The number of carbonyl (C=O) groups excluding carboxylic acids is 4. The summed E-state index contributed by atoms with van der Waals surface area (Å²) in [6, 6.07) is 20.8. The maximum absolute atomic E-state index is 14.1. The van der Waals surface area contributed by atoms with Gasteiger partial charge in [0.25, 0.3) is 0 Å². The van der Waals surface area contributed by atoms with Gasteiger partial charge in [0.15, 0.2) is 0 Å². The largest absolute Gasteiger partial charge is 0.351 e. The second-order valence-corrected chi connectivity index (χ2v) is 11.1. The number of fused-ring (bicyclic) bond motifs is 3. The second-order valence-electron chi connectivity index (χ2n) is 11.1. The van der Waals surface area contributed by atoms with Crippen LogP contribution in [0.5, 0.6) is 0 Å². The van der Waals surface area contributed by atoms with Gasteiger partial charge in [-0.05, 0) is 41.2 Å². The molecule has 0 bridgehead atoms. The minimum atomic E-state index is -0.869. The molecule has 3 aliphatic rings. The molecule has 0 saturated carbocycles. The molecule has 8 heteroatoms. The van der Waals surface area contributed by atoms with Gasteiger partial charge in [-0.15, -0.1) is 0 Å². The third-order valence-corrected chi connectivity index (χ3v) is 8.37. The summed E-state index contributed by atoms with van der Waals surface area (Å²) in [4.78, 5) is 58.1. The monoisotopic (exact) mass is 550 g/mol. The van der Waals surface area contributed by atoms with Crippen LogP contribution in [-0.2, 0) is 32.0 Å². The fraction of sp³-hybridized carbons (Fsp3) is 0.333. The predicted molar refractivity (Wildman–Crippen MR) is 156 cm³/mol. The van der Waals surface area contributed by atoms with Crippen molar-refractivity contribution in [2.24, 2.45) is 0 Å². The summed E-state index contributed by atoms with van der Waals surface area (Å²) in [5, 5.41) is 8.13. The Kier molecular flexibility index (Phi) is 7.55. The molecule has 2 fully saturated rings. The summed E-state index contributed by atoms with van der Waals surface area (Å²) in [6.07, 6.45) is 5.57. The first kappa shape index (κ1) is 26.7. The Morgan fingerprint density at radius 2 is 1.56 bits per heavy atom. The minimum absolute atomic E-state index is 0.0162. The Hall–Kier alpha value is -4.46. The Morgan fingerprint density at radius 1 is 0.780 bits per heavy atom. The van der Waals surface area contributed by atoms with E-state index in [1.165, 1.54) is 4.90 Å². The molecule has 2 N–H and O–H groups in total. The van der Waals surface area contributed by atoms with Crippen LogP contribution in [0, 0.1) is 0 Å². The molecule has 4 unspecified atom stereocenters. The first-order valence-electron chi connectivity index (χ1n) is 14.4. The number of benzene rings is 3. The molecule has 210 valence electrons. The normalized spacial score (nSPS) is 25.2. The van der Waals surface area contributed by atoms with Crippen LogP contribution in [0.15, 0.2) is 84.9 Å². The molecule has 4 atom stereocenters. The molecule has 6 rings (SSSR count). The zero-order valence-electron chi connectivity index (χ0n) is 22.9. The van der Waals surface area contributed by atoms with Gasteiger partial charge in [0.05, 0.1) is 0 Å². The van der Waals surface area contributed by atoms with Gasteiger partial charge in [0, 0.05) is 32.0 Å².